The van der Waals surface area contributed by atoms with Gasteiger partial charge in [-0.05, 0) is 63.5 Å². The van der Waals surface area contributed by atoms with Gasteiger partial charge in [0.25, 0.3) is 5.56 Å². The maximum atomic E-state index is 15.5. The molecule has 0 saturated heterocycles. The first kappa shape index (κ1) is 27.5. The highest BCUT2D eigenvalue weighted by Crippen LogP contribution is 2.51. The highest BCUT2D eigenvalue weighted by Gasteiger charge is 2.48. The lowest BCUT2D eigenvalue weighted by atomic mass is 9.58. The monoisotopic (exact) mass is 569 g/mol. The van der Waals surface area contributed by atoms with Gasteiger partial charge in [-0.2, -0.15) is 13.2 Å². The Labute approximate surface area is 233 Å². The van der Waals surface area contributed by atoms with E-state index in [2.05, 4.69) is 32.4 Å². The SMILES string of the molecule is CC(NC1(C)CCC1)c1cn2c(=O)c(-c3cncc([C@]4(c5nncn5C)C[C@@H](C)C4)c3)cnc2c(C(F)(F)F)c1F. The van der Waals surface area contributed by atoms with Crippen molar-refractivity contribution in [3.05, 3.63) is 75.9 Å². The van der Waals surface area contributed by atoms with Crippen molar-refractivity contribution in [1.29, 1.82) is 0 Å². The molecule has 216 valence electrons. The van der Waals surface area contributed by atoms with Crippen molar-refractivity contribution in [3.8, 4) is 11.1 Å². The van der Waals surface area contributed by atoms with Gasteiger partial charge in [0.05, 0.1) is 11.0 Å². The van der Waals surface area contributed by atoms with E-state index in [1.165, 1.54) is 6.20 Å². The third-order valence-electron chi connectivity index (χ3n) is 8.87. The predicted octanol–water partition coefficient (Wildman–Crippen LogP) is 5.35. The lowest BCUT2D eigenvalue weighted by Gasteiger charge is -2.45. The number of hydrogen-bond donors (Lipinski definition) is 1. The Balaban J connectivity index is 1.49. The molecule has 2 aliphatic carbocycles. The zero-order chi connectivity index (χ0) is 29.3. The quantitative estimate of drug-likeness (QED) is 0.315. The first-order valence-electron chi connectivity index (χ1n) is 13.7. The number of hydrogen-bond acceptors (Lipinski definition) is 6. The number of nitrogens with one attached hydrogen (secondary N) is 1. The molecule has 4 aromatic heterocycles. The molecule has 0 radical (unpaired) electrons. The number of nitrogens with zero attached hydrogens (tertiary/aromatic N) is 6. The standard InChI is InChI=1S/C29H31F4N7O/c1-16-9-28(10-16,26-38-36-15-39(26)4)19-8-18(11-34-12-19)20-13-35-24-22(29(31,32)33)23(30)21(14-40(24)25(20)41)17(2)37-27(3)6-5-7-27/h8,11-17,37H,5-7,9-10H2,1-4H3/t16-,17?,28+. The molecule has 1 N–H and O–H groups in total. The molecule has 1 atom stereocenters. The van der Waals surface area contributed by atoms with Crippen LogP contribution >= 0.6 is 0 Å². The molecule has 2 saturated carbocycles. The summed E-state index contributed by atoms with van der Waals surface area (Å²) in [6.45, 7) is 5.70. The molecule has 4 heterocycles. The maximum absolute atomic E-state index is 15.5. The average Bonchev–Trinajstić information content (AvgIpc) is 3.30. The van der Waals surface area contributed by atoms with Crippen LogP contribution in [0, 0.1) is 11.7 Å². The summed E-state index contributed by atoms with van der Waals surface area (Å²) in [6, 6.07) is 1.05. The third-order valence-corrected chi connectivity index (χ3v) is 8.87. The van der Waals surface area contributed by atoms with Crippen LogP contribution in [0.3, 0.4) is 0 Å². The molecule has 41 heavy (non-hydrogen) atoms. The van der Waals surface area contributed by atoms with Gasteiger partial charge in [-0.25, -0.2) is 9.37 Å². The molecular formula is C29H31F4N7O. The number of alkyl halides is 3. The minimum Gasteiger partial charge on any atom is -0.320 e. The summed E-state index contributed by atoms with van der Waals surface area (Å²) in [5.41, 5.74) is -2.76. The fourth-order valence-electron chi connectivity index (χ4n) is 6.66. The van der Waals surface area contributed by atoms with E-state index in [1.807, 2.05) is 24.6 Å². The summed E-state index contributed by atoms with van der Waals surface area (Å²) in [6.07, 6.45) is 6.27. The van der Waals surface area contributed by atoms with E-state index in [0.29, 0.717) is 11.5 Å². The Bertz CT molecular complexity index is 1700. The van der Waals surface area contributed by atoms with Crippen molar-refractivity contribution in [2.24, 2.45) is 13.0 Å². The predicted molar refractivity (Wildman–Crippen MR) is 144 cm³/mol. The summed E-state index contributed by atoms with van der Waals surface area (Å²) in [5.74, 6) is -0.205. The van der Waals surface area contributed by atoms with Crippen LogP contribution < -0.4 is 10.9 Å². The topological polar surface area (TPSA) is 90.0 Å². The van der Waals surface area contributed by atoms with Crippen molar-refractivity contribution in [1.82, 2.24) is 34.4 Å². The molecule has 0 aliphatic heterocycles. The number of fused-ring (bicyclic) bond motifs is 1. The van der Waals surface area contributed by atoms with Gasteiger partial charge in [0.15, 0.2) is 5.65 Å². The summed E-state index contributed by atoms with van der Waals surface area (Å²) >= 11 is 0. The van der Waals surface area contributed by atoms with E-state index >= 15 is 4.39 Å². The first-order chi connectivity index (χ1) is 19.3. The summed E-state index contributed by atoms with van der Waals surface area (Å²) < 4.78 is 60.7. The van der Waals surface area contributed by atoms with Gasteiger partial charge in [0, 0.05) is 54.5 Å². The van der Waals surface area contributed by atoms with Crippen molar-refractivity contribution in [3.63, 3.8) is 0 Å². The van der Waals surface area contributed by atoms with E-state index in [1.54, 1.807) is 19.4 Å². The normalized spacial score (nSPS) is 22.8. The molecule has 12 heteroatoms. The van der Waals surface area contributed by atoms with E-state index in [4.69, 9.17) is 0 Å². The third kappa shape index (κ3) is 4.43. The van der Waals surface area contributed by atoms with Crippen LogP contribution in [0.15, 0.2) is 42.0 Å². The van der Waals surface area contributed by atoms with Crippen LogP contribution in [0.1, 0.15) is 81.4 Å². The van der Waals surface area contributed by atoms with Gasteiger partial charge in [-0.1, -0.05) is 6.92 Å². The minimum absolute atomic E-state index is 0.0644. The van der Waals surface area contributed by atoms with Gasteiger partial charge in [0.2, 0.25) is 0 Å². The number of aromatic nitrogens is 6. The summed E-state index contributed by atoms with van der Waals surface area (Å²) in [4.78, 5) is 22.1. The van der Waals surface area contributed by atoms with Crippen LogP contribution in [0.5, 0.6) is 0 Å². The van der Waals surface area contributed by atoms with E-state index < -0.39 is 40.2 Å². The van der Waals surface area contributed by atoms with E-state index in [9.17, 15) is 18.0 Å². The Kier molecular flexibility index (Phi) is 6.33. The average molecular weight is 570 g/mol. The highest BCUT2D eigenvalue weighted by molar-refractivity contribution is 5.65. The van der Waals surface area contributed by atoms with Crippen molar-refractivity contribution < 1.29 is 17.6 Å². The van der Waals surface area contributed by atoms with Gasteiger partial charge in [0.1, 0.15) is 23.5 Å². The van der Waals surface area contributed by atoms with Gasteiger partial charge in [-0.3, -0.25) is 14.2 Å². The molecular weight excluding hydrogens is 538 g/mol. The van der Waals surface area contributed by atoms with E-state index in [0.717, 1.165) is 60.3 Å². The van der Waals surface area contributed by atoms with Gasteiger partial charge in [-0.15, -0.1) is 10.2 Å². The molecule has 6 rings (SSSR count). The van der Waals surface area contributed by atoms with Crippen LogP contribution in [0.4, 0.5) is 17.6 Å². The fourth-order valence-corrected chi connectivity index (χ4v) is 6.66. The van der Waals surface area contributed by atoms with Crippen LogP contribution in [-0.4, -0.2) is 34.7 Å². The molecule has 2 fully saturated rings. The zero-order valence-electron chi connectivity index (χ0n) is 23.3. The Hall–Kier alpha value is -3.67. The van der Waals surface area contributed by atoms with Gasteiger partial charge >= 0.3 is 6.18 Å². The smallest absolute Gasteiger partial charge is 0.320 e. The number of rotatable bonds is 6. The molecule has 0 amide bonds. The molecule has 4 aromatic rings. The van der Waals surface area contributed by atoms with E-state index in [-0.39, 0.29) is 16.7 Å². The van der Waals surface area contributed by atoms with Crippen LogP contribution in [0.2, 0.25) is 0 Å². The molecule has 2 aliphatic rings. The van der Waals surface area contributed by atoms with Crippen molar-refractivity contribution in [2.45, 2.75) is 76.0 Å². The number of pyridine rings is 2. The molecule has 0 spiro atoms. The van der Waals surface area contributed by atoms with Crippen molar-refractivity contribution in [2.75, 3.05) is 0 Å². The Morgan fingerprint density at radius 2 is 1.90 bits per heavy atom. The summed E-state index contributed by atoms with van der Waals surface area (Å²) in [7, 11) is 1.87. The molecule has 0 aromatic carbocycles. The Morgan fingerprint density at radius 3 is 2.49 bits per heavy atom. The van der Waals surface area contributed by atoms with Crippen molar-refractivity contribution >= 4 is 5.65 Å². The summed E-state index contributed by atoms with van der Waals surface area (Å²) in [5, 5.41) is 11.6. The number of halogens is 4. The van der Waals surface area contributed by atoms with Crippen LogP contribution in [-0.2, 0) is 18.6 Å². The molecule has 1 unspecified atom stereocenters. The van der Waals surface area contributed by atoms with Crippen LogP contribution in [0.25, 0.3) is 16.8 Å². The highest BCUT2D eigenvalue weighted by atomic mass is 19.4. The largest absolute Gasteiger partial charge is 0.422 e. The lowest BCUT2D eigenvalue weighted by molar-refractivity contribution is -0.139. The van der Waals surface area contributed by atoms with Gasteiger partial charge < -0.3 is 9.88 Å². The number of aryl methyl sites for hydroxylation is 1. The molecule has 0 bridgehead atoms. The second-order valence-electron chi connectivity index (χ2n) is 12.0. The maximum Gasteiger partial charge on any atom is 0.422 e. The fraction of sp³-hybridized carbons (Fsp3) is 0.483. The molecule has 8 nitrogen and oxygen atoms in total. The minimum atomic E-state index is -5.06. The second-order valence-corrected chi connectivity index (χ2v) is 12.0. The second kappa shape index (κ2) is 9.43. The first-order valence-corrected chi connectivity index (χ1v) is 13.7. The zero-order valence-corrected chi connectivity index (χ0v) is 23.3. The Morgan fingerprint density at radius 1 is 1.17 bits per heavy atom. The lowest BCUT2D eigenvalue weighted by Crippen LogP contribution is -2.49.